The fourth-order valence-corrected chi connectivity index (χ4v) is 8.10. The molecule has 1 nitrogen and oxygen atoms in total. The van der Waals surface area contributed by atoms with Gasteiger partial charge < -0.3 is 0 Å². The predicted molar refractivity (Wildman–Crippen MR) is 130 cm³/mol. The Morgan fingerprint density at radius 3 is 2.39 bits per heavy atom. The number of pyridine rings is 1. The Balaban J connectivity index is 1.86. The van der Waals surface area contributed by atoms with Gasteiger partial charge in [-0.3, -0.25) is 0 Å². The van der Waals surface area contributed by atoms with E-state index in [1.54, 1.807) is 16.7 Å². The van der Waals surface area contributed by atoms with Crippen molar-refractivity contribution in [2.45, 2.75) is 97.9 Å². The van der Waals surface area contributed by atoms with Crippen molar-refractivity contribution < 1.29 is 4.57 Å². The molecular weight excluding hydrogens is 374 g/mol. The Hall–Kier alpha value is -1.89. The Labute approximate surface area is 189 Å². The molecule has 1 fully saturated rings. The molecule has 0 N–H and O–H groups in total. The highest BCUT2D eigenvalue weighted by Gasteiger charge is 2.74. The topological polar surface area (TPSA) is 3.88 Å². The first-order valence-electron chi connectivity index (χ1n) is 12.6. The highest BCUT2D eigenvalue weighted by molar-refractivity contribution is 5.90. The van der Waals surface area contributed by atoms with Crippen LogP contribution < -0.4 is 4.57 Å². The summed E-state index contributed by atoms with van der Waals surface area (Å²) in [7, 11) is 0. The lowest BCUT2D eigenvalue weighted by molar-refractivity contribution is -0.782. The van der Waals surface area contributed by atoms with Gasteiger partial charge in [0.25, 0.3) is 0 Å². The SMILES string of the molecule is CCCCc1ccc2c(c1)C1(C)CC(C)(CC)C3(C)C1=C2c1cccc[n+]1C3(C)CC. The maximum atomic E-state index is 2.64. The third kappa shape index (κ3) is 2.26. The molecule has 0 spiro atoms. The van der Waals surface area contributed by atoms with Crippen LogP contribution in [0.3, 0.4) is 0 Å². The Bertz CT molecular complexity index is 1090. The van der Waals surface area contributed by atoms with E-state index >= 15 is 0 Å². The second kappa shape index (κ2) is 6.56. The molecule has 4 atom stereocenters. The molecule has 5 rings (SSSR count). The number of aryl methyl sites for hydroxylation is 1. The molecule has 0 bridgehead atoms. The van der Waals surface area contributed by atoms with Gasteiger partial charge in [-0.1, -0.05) is 59.2 Å². The summed E-state index contributed by atoms with van der Waals surface area (Å²) in [5.74, 6) is 0. The van der Waals surface area contributed by atoms with Crippen molar-refractivity contribution in [3.05, 3.63) is 70.6 Å². The van der Waals surface area contributed by atoms with Crippen LogP contribution in [0.5, 0.6) is 0 Å². The van der Waals surface area contributed by atoms with Crippen LogP contribution in [0, 0.1) is 10.8 Å². The number of benzene rings is 1. The first-order chi connectivity index (χ1) is 14.7. The molecular formula is C30H40N+. The standard InChI is InChI=1S/C30H40N/c1-8-11-14-21-16-17-22-23(19-21)28(5)20-27(4,9-2)30(7)26(28)25(22)24-15-12-13-18-31(24)29(30,6)10-3/h12-13,15-19H,8-11,14,20H2,1-7H3/q+1. The van der Waals surface area contributed by atoms with Gasteiger partial charge in [-0.15, -0.1) is 0 Å². The van der Waals surface area contributed by atoms with Gasteiger partial charge in [0.1, 0.15) is 0 Å². The van der Waals surface area contributed by atoms with E-state index in [0.717, 1.165) is 6.42 Å². The lowest BCUT2D eigenvalue weighted by atomic mass is 9.52. The summed E-state index contributed by atoms with van der Waals surface area (Å²) in [6.07, 6.45) is 9.70. The largest absolute Gasteiger partial charge is 0.213 e. The van der Waals surface area contributed by atoms with E-state index in [1.807, 2.05) is 0 Å². The van der Waals surface area contributed by atoms with E-state index in [1.165, 1.54) is 48.9 Å². The van der Waals surface area contributed by atoms with Gasteiger partial charge in [-0.2, -0.15) is 4.57 Å². The summed E-state index contributed by atoms with van der Waals surface area (Å²) in [4.78, 5) is 0. The Kier molecular flexibility index (Phi) is 4.44. The zero-order valence-electron chi connectivity index (χ0n) is 20.7. The highest BCUT2D eigenvalue weighted by atomic mass is 15.1. The predicted octanol–water partition coefficient (Wildman–Crippen LogP) is 7.36. The Morgan fingerprint density at radius 2 is 1.71 bits per heavy atom. The quantitative estimate of drug-likeness (QED) is 0.450. The first-order valence-corrected chi connectivity index (χ1v) is 12.6. The summed E-state index contributed by atoms with van der Waals surface area (Å²) < 4.78 is 2.64. The van der Waals surface area contributed by atoms with Gasteiger partial charge in [0, 0.05) is 30.9 Å². The van der Waals surface area contributed by atoms with Gasteiger partial charge in [0.05, 0.1) is 11.0 Å². The summed E-state index contributed by atoms with van der Waals surface area (Å²) >= 11 is 0. The van der Waals surface area contributed by atoms with Crippen molar-refractivity contribution in [1.82, 2.24) is 0 Å². The van der Waals surface area contributed by atoms with Crippen LogP contribution in [-0.4, -0.2) is 0 Å². The first kappa shape index (κ1) is 21.0. The second-order valence-corrected chi connectivity index (χ2v) is 11.4. The summed E-state index contributed by atoms with van der Waals surface area (Å²) in [6.45, 7) is 17.4. The van der Waals surface area contributed by atoms with E-state index < -0.39 is 0 Å². The smallest absolute Gasteiger partial charge is 0.192 e. The molecule has 2 heterocycles. The van der Waals surface area contributed by atoms with Crippen LogP contribution in [0.2, 0.25) is 0 Å². The minimum Gasteiger partial charge on any atom is -0.192 e. The van der Waals surface area contributed by atoms with Crippen molar-refractivity contribution in [3.63, 3.8) is 0 Å². The normalized spacial score (nSPS) is 35.2. The fraction of sp³-hybridized carbons (Fsp3) is 0.567. The van der Waals surface area contributed by atoms with Crippen molar-refractivity contribution in [3.8, 4) is 0 Å². The summed E-state index contributed by atoms with van der Waals surface area (Å²) in [6, 6.07) is 14.3. The third-order valence-corrected chi connectivity index (χ3v) is 10.2. The monoisotopic (exact) mass is 414 g/mol. The second-order valence-electron chi connectivity index (χ2n) is 11.4. The van der Waals surface area contributed by atoms with Crippen molar-refractivity contribution in [1.29, 1.82) is 0 Å². The van der Waals surface area contributed by atoms with Gasteiger partial charge in [-0.05, 0) is 66.4 Å². The maximum absolute atomic E-state index is 2.64. The molecule has 2 aromatic rings. The molecule has 164 valence electrons. The number of aromatic nitrogens is 1. The van der Waals surface area contributed by atoms with Crippen LogP contribution >= 0.6 is 0 Å². The lowest BCUT2D eigenvalue weighted by Crippen LogP contribution is -2.69. The Morgan fingerprint density at radius 1 is 0.935 bits per heavy atom. The highest BCUT2D eigenvalue weighted by Crippen LogP contribution is 2.75. The maximum Gasteiger partial charge on any atom is 0.213 e. The van der Waals surface area contributed by atoms with E-state index in [2.05, 4.69) is 95.6 Å². The lowest BCUT2D eigenvalue weighted by Gasteiger charge is -2.52. The van der Waals surface area contributed by atoms with Crippen LogP contribution in [0.15, 0.2) is 48.2 Å². The summed E-state index contributed by atoms with van der Waals surface area (Å²) in [5, 5.41) is 0. The van der Waals surface area contributed by atoms with Crippen molar-refractivity contribution in [2.24, 2.45) is 10.8 Å². The van der Waals surface area contributed by atoms with Crippen molar-refractivity contribution >= 4 is 5.57 Å². The zero-order chi connectivity index (χ0) is 22.2. The van der Waals surface area contributed by atoms with Gasteiger partial charge in [0.15, 0.2) is 11.7 Å². The number of unbranched alkanes of at least 4 members (excludes halogenated alkanes) is 1. The fourth-order valence-electron chi connectivity index (χ4n) is 8.10. The van der Waals surface area contributed by atoms with Gasteiger partial charge in [0.2, 0.25) is 5.69 Å². The molecule has 0 radical (unpaired) electrons. The van der Waals surface area contributed by atoms with Crippen LogP contribution in [0.4, 0.5) is 0 Å². The molecule has 4 unspecified atom stereocenters. The minimum atomic E-state index is 0.0675. The van der Waals surface area contributed by atoms with Crippen LogP contribution in [0.25, 0.3) is 5.57 Å². The molecule has 0 amide bonds. The molecule has 1 aromatic heterocycles. The third-order valence-electron chi connectivity index (χ3n) is 10.2. The summed E-state index contributed by atoms with van der Waals surface area (Å²) in [5.41, 5.74) is 9.92. The minimum absolute atomic E-state index is 0.0675. The van der Waals surface area contributed by atoms with E-state index in [9.17, 15) is 0 Å². The number of allylic oxidation sites excluding steroid dienone is 1. The number of fused-ring (bicyclic) bond motifs is 5. The number of rotatable bonds is 5. The van der Waals surface area contributed by atoms with Crippen LogP contribution in [0.1, 0.15) is 103 Å². The van der Waals surface area contributed by atoms with E-state index in [4.69, 9.17) is 0 Å². The molecule has 0 saturated heterocycles. The molecule has 1 aromatic carbocycles. The average Bonchev–Trinajstić information content (AvgIpc) is 3.14. The number of hydrogen-bond acceptors (Lipinski definition) is 0. The van der Waals surface area contributed by atoms with Crippen molar-refractivity contribution in [2.75, 3.05) is 0 Å². The molecule has 2 aliphatic carbocycles. The number of nitrogens with zero attached hydrogens (tertiary/aromatic N) is 1. The van der Waals surface area contributed by atoms with Gasteiger partial charge >= 0.3 is 0 Å². The molecule has 1 aliphatic heterocycles. The average molecular weight is 415 g/mol. The molecule has 3 aliphatic rings. The molecule has 1 heteroatoms. The van der Waals surface area contributed by atoms with E-state index in [0.29, 0.717) is 0 Å². The van der Waals surface area contributed by atoms with Crippen LogP contribution in [-0.2, 0) is 17.4 Å². The van der Waals surface area contributed by atoms with E-state index in [-0.39, 0.29) is 21.8 Å². The van der Waals surface area contributed by atoms with Gasteiger partial charge in [-0.25, -0.2) is 0 Å². The molecule has 1 saturated carbocycles. The number of hydrogen-bond donors (Lipinski definition) is 0. The zero-order valence-corrected chi connectivity index (χ0v) is 20.7. The molecule has 31 heavy (non-hydrogen) atoms.